The van der Waals surface area contributed by atoms with E-state index in [1.807, 2.05) is 0 Å². The zero-order valence-electron chi connectivity index (χ0n) is 4.98. The molecule has 6 nitrogen and oxygen atoms in total. The van der Waals surface area contributed by atoms with Crippen LogP contribution in [0.2, 0.25) is 0 Å². The Hall–Kier alpha value is -0.980. The van der Waals surface area contributed by atoms with Crippen molar-refractivity contribution in [2.75, 3.05) is 0 Å². The van der Waals surface area contributed by atoms with E-state index in [1.54, 1.807) is 0 Å². The van der Waals surface area contributed by atoms with Gasteiger partial charge in [0.15, 0.2) is 0 Å². The summed E-state index contributed by atoms with van der Waals surface area (Å²) in [5.74, 6) is -0.271. The molecule has 0 aliphatic carbocycles. The molecule has 0 saturated carbocycles. The summed E-state index contributed by atoms with van der Waals surface area (Å²) in [6, 6.07) is 0. The highest BCUT2D eigenvalue weighted by Crippen LogP contribution is 2.11. The fourth-order valence-corrected chi connectivity index (χ4v) is 0.700. The van der Waals surface area contributed by atoms with Crippen LogP contribution >= 0.6 is 15.9 Å². The number of nitro groups is 1. The molecule has 0 fully saturated rings. The van der Waals surface area contributed by atoms with Crippen LogP contribution in [0.15, 0.2) is 4.73 Å². The first kappa shape index (κ1) is 7.13. The Labute approximate surface area is 64.1 Å². The van der Waals surface area contributed by atoms with Crippen molar-refractivity contribution in [3.8, 4) is 0 Å². The lowest BCUT2D eigenvalue weighted by Gasteiger charge is -1.90. The minimum atomic E-state index is -0.599. The van der Waals surface area contributed by atoms with E-state index in [-0.39, 0.29) is 5.95 Å². The third-order valence-electron chi connectivity index (χ3n) is 0.962. The molecule has 0 saturated heterocycles. The number of halogens is 1. The van der Waals surface area contributed by atoms with E-state index in [2.05, 4.69) is 26.1 Å². The van der Waals surface area contributed by atoms with E-state index in [0.717, 1.165) is 0 Å². The van der Waals surface area contributed by atoms with E-state index >= 15 is 0 Å². The van der Waals surface area contributed by atoms with Crippen LogP contribution in [0.25, 0.3) is 0 Å². The first-order valence-electron chi connectivity index (χ1n) is 2.32. The topological polar surface area (TPSA) is 73.8 Å². The van der Waals surface area contributed by atoms with Crippen LogP contribution in [-0.4, -0.2) is 19.7 Å². The van der Waals surface area contributed by atoms with Crippen LogP contribution in [0.1, 0.15) is 0 Å². The van der Waals surface area contributed by atoms with E-state index in [4.69, 9.17) is 0 Å². The Morgan fingerprint density at radius 3 is 2.50 bits per heavy atom. The number of aromatic nitrogens is 3. The van der Waals surface area contributed by atoms with Gasteiger partial charge in [-0.05, 0) is 10.0 Å². The molecule has 10 heavy (non-hydrogen) atoms. The van der Waals surface area contributed by atoms with Crippen LogP contribution in [0, 0.1) is 10.1 Å². The highest BCUT2D eigenvalue weighted by Gasteiger charge is 2.16. The Kier molecular flexibility index (Phi) is 1.66. The maximum Gasteiger partial charge on any atom is 0.459 e. The summed E-state index contributed by atoms with van der Waals surface area (Å²) in [6.07, 6.45) is 0. The van der Waals surface area contributed by atoms with Crippen molar-refractivity contribution >= 4 is 21.9 Å². The Balaban J connectivity index is 3.17. The van der Waals surface area contributed by atoms with Crippen molar-refractivity contribution in [2.24, 2.45) is 7.05 Å². The molecule has 0 aliphatic rings. The SMILES string of the molecule is Cn1c(Br)nnc1[N+](=O)[O-]. The molecule has 1 heterocycles. The molecule has 0 atom stereocenters. The third-order valence-corrected chi connectivity index (χ3v) is 1.65. The summed E-state index contributed by atoms with van der Waals surface area (Å²) in [7, 11) is 1.50. The van der Waals surface area contributed by atoms with Crippen molar-refractivity contribution in [3.63, 3.8) is 0 Å². The molecule has 7 heteroatoms. The Morgan fingerprint density at radius 2 is 2.30 bits per heavy atom. The lowest BCUT2D eigenvalue weighted by molar-refractivity contribution is -0.396. The molecule has 0 aliphatic heterocycles. The van der Waals surface area contributed by atoms with Crippen molar-refractivity contribution in [2.45, 2.75) is 0 Å². The van der Waals surface area contributed by atoms with Crippen molar-refractivity contribution in [1.29, 1.82) is 0 Å². The zero-order chi connectivity index (χ0) is 7.72. The van der Waals surface area contributed by atoms with Crippen LogP contribution in [0.3, 0.4) is 0 Å². The number of nitrogens with zero attached hydrogens (tertiary/aromatic N) is 4. The highest BCUT2D eigenvalue weighted by atomic mass is 79.9. The quantitative estimate of drug-likeness (QED) is 0.495. The molecular weight excluding hydrogens is 204 g/mol. The molecule has 1 aromatic rings. The molecule has 0 bridgehead atoms. The van der Waals surface area contributed by atoms with Gasteiger partial charge in [-0.25, -0.2) is 4.57 Å². The molecule has 54 valence electrons. The second kappa shape index (κ2) is 2.33. The highest BCUT2D eigenvalue weighted by molar-refractivity contribution is 9.10. The molecule has 1 aromatic heterocycles. The number of hydrogen-bond donors (Lipinski definition) is 0. The lowest BCUT2D eigenvalue weighted by atomic mass is 11.0. The van der Waals surface area contributed by atoms with E-state index in [1.165, 1.54) is 11.6 Å². The maximum atomic E-state index is 10.1. The molecule has 0 spiro atoms. The second-order valence-corrected chi connectivity index (χ2v) is 2.29. The summed E-state index contributed by atoms with van der Waals surface area (Å²) in [5.41, 5.74) is 0. The van der Waals surface area contributed by atoms with Crippen LogP contribution in [-0.2, 0) is 7.05 Å². The number of rotatable bonds is 1. The molecule has 0 aromatic carbocycles. The predicted molar refractivity (Wildman–Crippen MR) is 35.4 cm³/mol. The van der Waals surface area contributed by atoms with Gasteiger partial charge in [0.2, 0.25) is 0 Å². The van der Waals surface area contributed by atoms with Crippen molar-refractivity contribution in [1.82, 2.24) is 14.8 Å². The molecule has 0 N–H and O–H groups in total. The van der Waals surface area contributed by atoms with Gasteiger partial charge in [0, 0.05) is 15.9 Å². The van der Waals surface area contributed by atoms with Crippen molar-refractivity contribution < 1.29 is 4.92 Å². The normalized spacial score (nSPS) is 9.80. The maximum absolute atomic E-state index is 10.1. The van der Waals surface area contributed by atoms with Gasteiger partial charge in [-0.3, -0.25) is 0 Å². The third kappa shape index (κ3) is 0.991. The Bertz CT molecular complexity index is 269. The summed E-state index contributed by atoms with van der Waals surface area (Å²) >= 11 is 2.97. The van der Waals surface area contributed by atoms with Gasteiger partial charge in [-0.15, -0.1) is 0 Å². The monoisotopic (exact) mass is 206 g/mol. The summed E-state index contributed by atoms with van der Waals surface area (Å²) in [4.78, 5) is 9.50. The van der Waals surface area contributed by atoms with E-state index in [0.29, 0.717) is 4.73 Å². The second-order valence-electron chi connectivity index (χ2n) is 1.59. The summed E-state index contributed by atoms with van der Waals surface area (Å²) in [5, 5.41) is 16.8. The van der Waals surface area contributed by atoms with Gasteiger partial charge in [0.05, 0.1) is 12.1 Å². The van der Waals surface area contributed by atoms with Crippen LogP contribution in [0.5, 0.6) is 0 Å². The molecule has 1 rings (SSSR count). The molecule has 0 radical (unpaired) electrons. The van der Waals surface area contributed by atoms with Crippen molar-refractivity contribution in [3.05, 3.63) is 14.8 Å². The van der Waals surface area contributed by atoms with Gasteiger partial charge in [-0.2, -0.15) is 0 Å². The number of hydrogen-bond acceptors (Lipinski definition) is 4. The lowest BCUT2D eigenvalue weighted by Crippen LogP contribution is -1.97. The molecular formula is C3H3BrN4O2. The minimum absolute atomic E-state index is 0.271. The van der Waals surface area contributed by atoms with Crippen LogP contribution in [0.4, 0.5) is 5.95 Å². The first-order valence-corrected chi connectivity index (χ1v) is 3.11. The van der Waals surface area contributed by atoms with Gasteiger partial charge in [0.1, 0.15) is 0 Å². The fourth-order valence-electron chi connectivity index (χ4n) is 0.462. The zero-order valence-corrected chi connectivity index (χ0v) is 6.57. The Morgan fingerprint density at radius 1 is 1.70 bits per heavy atom. The molecule has 0 unspecified atom stereocenters. The molecule has 0 amide bonds. The van der Waals surface area contributed by atoms with Gasteiger partial charge < -0.3 is 10.1 Å². The van der Waals surface area contributed by atoms with E-state index < -0.39 is 4.92 Å². The fraction of sp³-hybridized carbons (Fsp3) is 0.333. The standard InChI is InChI=1S/C3H3BrN4O2/c1-7-2(4)5-6-3(7)8(9)10/h1H3. The largest absolute Gasteiger partial charge is 0.459 e. The van der Waals surface area contributed by atoms with E-state index in [9.17, 15) is 10.1 Å². The predicted octanol–water partition coefficient (Wildman–Crippen LogP) is 0.486. The minimum Gasteiger partial charge on any atom is -0.390 e. The van der Waals surface area contributed by atoms with Gasteiger partial charge in [-0.1, -0.05) is 0 Å². The van der Waals surface area contributed by atoms with Crippen LogP contribution < -0.4 is 0 Å². The summed E-state index contributed by atoms with van der Waals surface area (Å²) < 4.78 is 1.58. The summed E-state index contributed by atoms with van der Waals surface area (Å²) in [6.45, 7) is 0. The first-order chi connectivity index (χ1) is 4.63. The van der Waals surface area contributed by atoms with Gasteiger partial charge >= 0.3 is 5.95 Å². The van der Waals surface area contributed by atoms with Gasteiger partial charge in [0.25, 0.3) is 4.73 Å². The average Bonchev–Trinajstić information content (AvgIpc) is 2.14. The average molecular weight is 207 g/mol. The smallest absolute Gasteiger partial charge is 0.390 e.